The van der Waals surface area contributed by atoms with Crippen molar-refractivity contribution in [2.75, 3.05) is 5.32 Å². The highest BCUT2D eigenvalue weighted by molar-refractivity contribution is 6.03. The molecule has 0 bridgehead atoms. The van der Waals surface area contributed by atoms with Gasteiger partial charge in [0.1, 0.15) is 12.1 Å². The van der Waals surface area contributed by atoms with Gasteiger partial charge in [0, 0.05) is 42.4 Å². The van der Waals surface area contributed by atoms with E-state index >= 15 is 0 Å². The molecule has 0 radical (unpaired) electrons. The van der Waals surface area contributed by atoms with E-state index in [-0.39, 0.29) is 5.41 Å². The normalized spacial score (nSPS) is 26.0. The number of hydrogen-bond donors (Lipinski definition) is 2. The minimum atomic E-state index is -0.0275. The van der Waals surface area contributed by atoms with Gasteiger partial charge >= 0.3 is 0 Å². The summed E-state index contributed by atoms with van der Waals surface area (Å²) < 4.78 is 0. The first-order valence-corrected chi connectivity index (χ1v) is 7.18. The number of hydrogen-bond acceptors (Lipinski definition) is 5. The minimum Gasteiger partial charge on any atom is -0.342 e. The highest BCUT2D eigenvalue weighted by atomic mass is 15.1. The third kappa shape index (κ3) is 2.10. The molecule has 0 saturated heterocycles. The maximum absolute atomic E-state index is 4.59. The van der Waals surface area contributed by atoms with Crippen LogP contribution in [0.5, 0.6) is 0 Å². The zero-order valence-corrected chi connectivity index (χ0v) is 11.9. The van der Waals surface area contributed by atoms with E-state index in [1.165, 1.54) is 0 Å². The molecule has 3 heterocycles. The summed E-state index contributed by atoms with van der Waals surface area (Å²) in [5.74, 6) is 0.897. The van der Waals surface area contributed by atoms with E-state index in [0.717, 1.165) is 48.0 Å². The molecule has 0 fully saturated rings. The minimum absolute atomic E-state index is 0.0275. The molecule has 106 valence electrons. The van der Waals surface area contributed by atoms with Crippen LogP contribution >= 0.6 is 0 Å². The molecule has 0 spiro atoms. The Morgan fingerprint density at radius 1 is 1.24 bits per heavy atom. The number of aliphatic imine (C=N–C) groups is 1. The maximum Gasteiger partial charge on any atom is 0.138 e. The molecule has 0 amide bonds. The van der Waals surface area contributed by atoms with Crippen LogP contribution in [0.15, 0.2) is 47.5 Å². The molecule has 5 heteroatoms. The van der Waals surface area contributed by atoms with Gasteiger partial charge in [0.25, 0.3) is 0 Å². The molecule has 4 rings (SSSR count). The van der Waals surface area contributed by atoms with Crippen LogP contribution in [0.3, 0.4) is 0 Å². The lowest BCUT2D eigenvalue weighted by Crippen LogP contribution is -2.30. The van der Waals surface area contributed by atoms with Gasteiger partial charge in [-0.05, 0) is 6.08 Å². The van der Waals surface area contributed by atoms with Crippen molar-refractivity contribution >= 4 is 11.5 Å². The quantitative estimate of drug-likeness (QED) is 0.872. The van der Waals surface area contributed by atoms with Crippen molar-refractivity contribution in [3.63, 3.8) is 0 Å². The number of rotatable bonds is 2. The number of anilines is 1. The SMILES string of the molecule is CC12C=CC=CC1=NC=C(Nc1ncnc3c1CNC3)C2. The molecule has 0 saturated carbocycles. The predicted octanol–water partition coefficient (Wildman–Crippen LogP) is 2.31. The van der Waals surface area contributed by atoms with E-state index in [2.05, 4.69) is 50.7 Å². The van der Waals surface area contributed by atoms with Gasteiger partial charge in [-0.1, -0.05) is 25.2 Å². The Balaban J connectivity index is 1.63. The van der Waals surface area contributed by atoms with Gasteiger partial charge in [-0.2, -0.15) is 0 Å². The number of fused-ring (bicyclic) bond motifs is 2. The van der Waals surface area contributed by atoms with Gasteiger partial charge < -0.3 is 10.6 Å². The summed E-state index contributed by atoms with van der Waals surface area (Å²) >= 11 is 0. The molecular formula is C16H17N5. The average Bonchev–Trinajstić information content (AvgIpc) is 2.96. The smallest absolute Gasteiger partial charge is 0.138 e. The highest BCUT2D eigenvalue weighted by Crippen LogP contribution is 2.36. The maximum atomic E-state index is 4.59. The van der Waals surface area contributed by atoms with Gasteiger partial charge in [-0.25, -0.2) is 9.97 Å². The summed E-state index contributed by atoms with van der Waals surface area (Å²) in [4.78, 5) is 13.3. The second kappa shape index (κ2) is 4.63. The Labute approximate surface area is 123 Å². The van der Waals surface area contributed by atoms with Gasteiger partial charge in [-0.15, -0.1) is 0 Å². The lowest BCUT2D eigenvalue weighted by Gasteiger charge is -2.32. The van der Waals surface area contributed by atoms with Crippen molar-refractivity contribution in [3.05, 3.63) is 53.8 Å². The lowest BCUT2D eigenvalue weighted by atomic mass is 9.77. The van der Waals surface area contributed by atoms with Crippen molar-refractivity contribution in [2.45, 2.75) is 26.4 Å². The Kier molecular flexibility index (Phi) is 2.75. The summed E-state index contributed by atoms with van der Waals surface area (Å²) in [5.41, 5.74) is 4.43. The topological polar surface area (TPSA) is 62.2 Å². The summed E-state index contributed by atoms with van der Waals surface area (Å²) in [5, 5.41) is 6.75. The van der Waals surface area contributed by atoms with E-state index in [0.29, 0.717) is 0 Å². The molecule has 2 N–H and O–H groups in total. The molecule has 1 aromatic heterocycles. The average molecular weight is 279 g/mol. The summed E-state index contributed by atoms with van der Waals surface area (Å²) in [6.45, 7) is 3.85. The van der Waals surface area contributed by atoms with Crippen LogP contribution in [-0.4, -0.2) is 15.7 Å². The van der Waals surface area contributed by atoms with E-state index in [9.17, 15) is 0 Å². The van der Waals surface area contributed by atoms with E-state index in [1.54, 1.807) is 6.33 Å². The van der Waals surface area contributed by atoms with Crippen LogP contribution in [0.1, 0.15) is 24.6 Å². The number of aromatic nitrogens is 2. The molecule has 0 aromatic carbocycles. The fourth-order valence-corrected chi connectivity index (χ4v) is 3.05. The van der Waals surface area contributed by atoms with Crippen LogP contribution in [0.2, 0.25) is 0 Å². The first-order chi connectivity index (χ1) is 10.2. The van der Waals surface area contributed by atoms with Crippen molar-refractivity contribution < 1.29 is 0 Å². The molecule has 5 nitrogen and oxygen atoms in total. The Hall–Kier alpha value is -2.27. The largest absolute Gasteiger partial charge is 0.342 e. The molecular weight excluding hydrogens is 262 g/mol. The molecule has 21 heavy (non-hydrogen) atoms. The van der Waals surface area contributed by atoms with Gasteiger partial charge in [0.05, 0.1) is 11.4 Å². The van der Waals surface area contributed by atoms with Gasteiger partial charge in [-0.3, -0.25) is 4.99 Å². The predicted molar refractivity (Wildman–Crippen MR) is 82.7 cm³/mol. The third-order valence-corrected chi connectivity index (χ3v) is 4.24. The van der Waals surface area contributed by atoms with Crippen molar-refractivity contribution in [1.82, 2.24) is 15.3 Å². The monoisotopic (exact) mass is 279 g/mol. The summed E-state index contributed by atoms with van der Waals surface area (Å²) in [7, 11) is 0. The second-order valence-electron chi connectivity index (χ2n) is 5.86. The molecule has 1 unspecified atom stereocenters. The molecule has 1 aromatic rings. The fraction of sp³-hybridized carbons (Fsp3) is 0.312. The summed E-state index contributed by atoms with van der Waals surface area (Å²) in [6, 6.07) is 0. The van der Waals surface area contributed by atoms with Crippen LogP contribution < -0.4 is 10.6 Å². The lowest BCUT2D eigenvalue weighted by molar-refractivity contribution is 0.580. The molecule has 1 aliphatic carbocycles. The van der Waals surface area contributed by atoms with E-state index in [4.69, 9.17) is 0 Å². The molecule has 2 aliphatic heterocycles. The Bertz CT molecular complexity index is 713. The van der Waals surface area contributed by atoms with Crippen LogP contribution in [0.4, 0.5) is 5.82 Å². The zero-order chi connectivity index (χ0) is 14.3. The van der Waals surface area contributed by atoms with E-state index in [1.807, 2.05) is 12.3 Å². The fourth-order valence-electron chi connectivity index (χ4n) is 3.05. The first-order valence-electron chi connectivity index (χ1n) is 7.18. The first kappa shape index (κ1) is 12.5. The van der Waals surface area contributed by atoms with Crippen molar-refractivity contribution in [1.29, 1.82) is 0 Å². The highest BCUT2D eigenvalue weighted by Gasteiger charge is 2.31. The standard InChI is InChI=1S/C16H17N5/c1-16-5-3-2-4-14(16)18-7-11(6-16)21-15-12-8-17-9-13(12)19-10-20-15/h2-5,7,10,17H,6,8-9H2,1H3,(H,19,20,21). The van der Waals surface area contributed by atoms with Crippen LogP contribution in [-0.2, 0) is 13.1 Å². The number of nitrogens with zero attached hydrogens (tertiary/aromatic N) is 3. The second-order valence-corrected chi connectivity index (χ2v) is 5.86. The molecule has 1 atom stereocenters. The van der Waals surface area contributed by atoms with Crippen LogP contribution in [0.25, 0.3) is 0 Å². The van der Waals surface area contributed by atoms with Crippen molar-refractivity contribution in [3.8, 4) is 0 Å². The summed E-state index contributed by atoms with van der Waals surface area (Å²) in [6.07, 6.45) is 12.9. The van der Waals surface area contributed by atoms with Gasteiger partial charge in [0.15, 0.2) is 0 Å². The molecule has 3 aliphatic rings. The van der Waals surface area contributed by atoms with Crippen LogP contribution in [0, 0.1) is 5.41 Å². The Morgan fingerprint density at radius 2 is 2.19 bits per heavy atom. The zero-order valence-electron chi connectivity index (χ0n) is 11.9. The van der Waals surface area contributed by atoms with Gasteiger partial charge in [0.2, 0.25) is 0 Å². The number of allylic oxidation sites excluding steroid dienone is 5. The van der Waals surface area contributed by atoms with Crippen molar-refractivity contribution in [2.24, 2.45) is 10.4 Å². The van der Waals surface area contributed by atoms with E-state index < -0.39 is 0 Å². The third-order valence-electron chi connectivity index (χ3n) is 4.24. The number of nitrogens with one attached hydrogen (secondary N) is 2. The Morgan fingerprint density at radius 3 is 3.14 bits per heavy atom.